The van der Waals surface area contributed by atoms with E-state index in [2.05, 4.69) is 31.2 Å². The van der Waals surface area contributed by atoms with E-state index in [1.165, 1.54) is 24.6 Å². The van der Waals surface area contributed by atoms with Gasteiger partial charge in [-0.05, 0) is 51.8 Å². The van der Waals surface area contributed by atoms with E-state index in [0.717, 1.165) is 53.5 Å². The van der Waals surface area contributed by atoms with E-state index in [9.17, 15) is 4.79 Å². The fraction of sp³-hybridized carbons (Fsp3) is 0.476. The number of rotatable bonds is 8. The van der Waals surface area contributed by atoms with Gasteiger partial charge in [0.15, 0.2) is 10.9 Å². The van der Waals surface area contributed by atoms with Gasteiger partial charge >= 0.3 is 0 Å². The molecular weight excluding hydrogens is 386 g/mol. The summed E-state index contributed by atoms with van der Waals surface area (Å²) in [6.45, 7) is 9.56. The number of nitrogens with zero attached hydrogens (tertiary/aromatic N) is 5. The summed E-state index contributed by atoms with van der Waals surface area (Å²) in [4.78, 5) is 15.2. The van der Waals surface area contributed by atoms with Crippen molar-refractivity contribution in [3.8, 4) is 0 Å². The monoisotopic (exact) mass is 413 g/mol. The minimum Gasteiger partial charge on any atom is -0.467 e. The standard InChI is InChI=1S/C21H27N5O2S/c1-4-25-15(2)12-18(16(25)3)19(27)14-29-21-23-22-20(24-9-5-6-10-24)26(21)13-17-8-7-11-28-17/h7-8,11-12H,4-6,9-10,13-14H2,1-3H3. The van der Waals surface area contributed by atoms with Crippen LogP contribution >= 0.6 is 11.8 Å². The summed E-state index contributed by atoms with van der Waals surface area (Å²) >= 11 is 1.45. The molecule has 1 saturated heterocycles. The first-order chi connectivity index (χ1) is 14.1. The van der Waals surface area contributed by atoms with E-state index >= 15 is 0 Å². The minimum atomic E-state index is 0.123. The first-order valence-electron chi connectivity index (χ1n) is 10.1. The van der Waals surface area contributed by atoms with E-state index < -0.39 is 0 Å². The second-order valence-corrected chi connectivity index (χ2v) is 8.33. The van der Waals surface area contributed by atoms with Crippen LogP contribution in [0, 0.1) is 13.8 Å². The number of furan rings is 1. The predicted molar refractivity (Wildman–Crippen MR) is 114 cm³/mol. The van der Waals surface area contributed by atoms with Gasteiger partial charge in [0.2, 0.25) is 5.95 Å². The van der Waals surface area contributed by atoms with Crippen LogP contribution in [0.4, 0.5) is 5.95 Å². The maximum absolute atomic E-state index is 12.9. The molecule has 1 aliphatic rings. The van der Waals surface area contributed by atoms with Gasteiger partial charge in [-0.3, -0.25) is 9.36 Å². The zero-order valence-electron chi connectivity index (χ0n) is 17.2. The summed E-state index contributed by atoms with van der Waals surface area (Å²) in [6.07, 6.45) is 4.01. The van der Waals surface area contributed by atoms with Gasteiger partial charge in [-0.2, -0.15) is 0 Å². The number of carbonyl (C=O) groups excluding carboxylic acids is 1. The Bertz CT molecular complexity index is 983. The van der Waals surface area contributed by atoms with Gasteiger partial charge in [0.05, 0.1) is 18.6 Å². The molecule has 0 spiro atoms. The zero-order valence-corrected chi connectivity index (χ0v) is 18.0. The Balaban J connectivity index is 1.54. The summed E-state index contributed by atoms with van der Waals surface area (Å²) < 4.78 is 9.78. The van der Waals surface area contributed by atoms with Crippen LogP contribution in [0.2, 0.25) is 0 Å². The van der Waals surface area contributed by atoms with Crippen LogP contribution in [-0.4, -0.2) is 44.0 Å². The van der Waals surface area contributed by atoms with Crippen molar-refractivity contribution in [1.29, 1.82) is 0 Å². The number of thioether (sulfide) groups is 1. The number of Topliss-reactive ketones (excluding diaryl/α,β-unsaturated/α-hetero) is 1. The van der Waals surface area contributed by atoms with E-state index in [1.807, 2.05) is 32.0 Å². The van der Waals surface area contributed by atoms with Gasteiger partial charge in [-0.25, -0.2) is 0 Å². The van der Waals surface area contributed by atoms with Crippen LogP contribution in [0.1, 0.15) is 47.3 Å². The highest BCUT2D eigenvalue weighted by molar-refractivity contribution is 7.99. The molecule has 0 amide bonds. The van der Waals surface area contributed by atoms with Crippen LogP contribution in [0.25, 0.3) is 0 Å². The highest BCUT2D eigenvalue weighted by atomic mass is 32.2. The molecule has 3 aromatic rings. The van der Waals surface area contributed by atoms with Crippen molar-refractivity contribution in [2.75, 3.05) is 23.7 Å². The lowest BCUT2D eigenvalue weighted by atomic mass is 10.2. The summed E-state index contributed by atoms with van der Waals surface area (Å²) in [5, 5.41) is 9.59. The fourth-order valence-electron chi connectivity index (χ4n) is 4.01. The van der Waals surface area contributed by atoms with Gasteiger partial charge in [-0.15, -0.1) is 10.2 Å². The number of ketones is 1. The first kappa shape index (κ1) is 19.8. The Hall–Kier alpha value is -2.48. The van der Waals surface area contributed by atoms with Crippen molar-refractivity contribution >= 4 is 23.5 Å². The van der Waals surface area contributed by atoms with Gasteiger partial charge in [-0.1, -0.05) is 11.8 Å². The lowest BCUT2D eigenvalue weighted by molar-refractivity contribution is 0.102. The smallest absolute Gasteiger partial charge is 0.228 e. The summed E-state index contributed by atoms with van der Waals surface area (Å²) in [5.41, 5.74) is 2.95. The van der Waals surface area contributed by atoms with Crippen molar-refractivity contribution in [3.63, 3.8) is 0 Å². The molecule has 7 nitrogen and oxygen atoms in total. The molecule has 0 atom stereocenters. The number of aryl methyl sites for hydroxylation is 1. The molecule has 4 rings (SSSR count). The van der Waals surface area contributed by atoms with E-state index in [0.29, 0.717) is 12.3 Å². The average molecular weight is 414 g/mol. The lowest BCUT2D eigenvalue weighted by Gasteiger charge is -2.17. The summed E-state index contributed by atoms with van der Waals surface area (Å²) in [7, 11) is 0. The van der Waals surface area contributed by atoms with Crippen LogP contribution in [0.3, 0.4) is 0 Å². The molecule has 0 N–H and O–H groups in total. The number of hydrogen-bond acceptors (Lipinski definition) is 6. The normalized spacial score (nSPS) is 14.1. The Morgan fingerprint density at radius 2 is 2.00 bits per heavy atom. The predicted octanol–water partition coefficient (Wildman–Crippen LogP) is 3.93. The number of hydrogen-bond donors (Lipinski definition) is 0. The molecule has 29 heavy (non-hydrogen) atoms. The maximum atomic E-state index is 12.9. The molecular formula is C21H27N5O2S. The molecule has 1 aliphatic heterocycles. The number of aromatic nitrogens is 4. The van der Waals surface area contributed by atoms with Crippen LogP contribution in [0.15, 0.2) is 34.0 Å². The second-order valence-electron chi connectivity index (χ2n) is 7.38. The highest BCUT2D eigenvalue weighted by Crippen LogP contribution is 2.27. The minimum absolute atomic E-state index is 0.123. The largest absolute Gasteiger partial charge is 0.467 e. The van der Waals surface area contributed by atoms with E-state index in [-0.39, 0.29) is 5.78 Å². The molecule has 4 heterocycles. The SMILES string of the molecule is CCn1c(C)cc(C(=O)CSc2nnc(N3CCCC3)n2Cc2ccco2)c1C. The third-order valence-electron chi connectivity index (χ3n) is 5.50. The Kier molecular flexibility index (Phi) is 5.80. The van der Waals surface area contributed by atoms with Crippen molar-refractivity contribution in [1.82, 2.24) is 19.3 Å². The lowest BCUT2D eigenvalue weighted by Crippen LogP contribution is -2.22. The van der Waals surface area contributed by atoms with Gasteiger partial charge < -0.3 is 13.9 Å². The molecule has 1 fully saturated rings. The Labute approximate surface area is 175 Å². The molecule has 0 aromatic carbocycles. The Morgan fingerprint density at radius 1 is 1.21 bits per heavy atom. The van der Waals surface area contributed by atoms with Crippen LogP contribution in [-0.2, 0) is 13.1 Å². The van der Waals surface area contributed by atoms with Crippen molar-refractivity contribution in [3.05, 3.63) is 47.2 Å². The molecule has 3 aromatic heterocycles. The third kappa shape index (κ3) is 3.99. The second kappa shape index (κ2) is 8.49. The molecule has 0 aliphatic carbocycles. The van der Waals surface area contributed by atoms with Gasteiger partial charge in [0.25, 0.3) is 0 Å². The third-order valence-corrected chi connectivity index (χ3v) is 6.47. The highest BCUT2D eigenvalue weighted by Gasteiger charge is 2.23. The van der Waals surface area contributed by atoms with E-state index in [1.54, 1.807) is 6.26 Å². The molecule has 8 heteroatoms. The maximum Gasteiger partial charge on any atom is 0.228 e. The molecule has 0 unspecified atom stereocenters. The summed E-state index contributed by atoms with van der Waals surface area (Å²) in [6, 6.07) is 5.83. The first-order valence-corrected chi connectivity index (χ1v) is 11.1. The van der Waals surface area contributed by atoms with Crippen LogP contribution < -0.4 is 4.90 Å². The van der Waals surface area contributed by atoms with Gasteiger partial charge in [0, 0.05) is 36.6 Å². The molecule has 0 radical (unpaired) electrons. The van der Waals surface area contributed by atoms with Crippen molar-refractivity contribution < 1.29 is 9.21 Å². The quantitative estimate of drug-likeness (QED) is 0.412. The van der Waals surface area contributed by atoms with Crippen molar-refractivity contribution in [2.45, 2.75) is 51.9 Å². The van der Waals surface area contributed by atoms with Gasteiger partial charge in [0.1, 0.15) is 5.76 Å². The molecule has 154 valence electrons. The zero-order chi connectivity index (χ0) is 20.4. The van der Waals surface area contributed by atoms with Crippen molar-refractivity contribution in [2.24, 2.45) is 0 Å². The molecule has 0 saturated carbocycles. The van der Waals surface area contributed by atoms with E-state index in [4.69, 9.17) is 4.42 Å². The Morgan fingerprint density at radius 3 is 2.66 bits per heavy atom. The van der Waals surface area contributed by atoms with Crippen LogP contribution in [0.5, 0.6) is 0 Å². The fourth-order valence-corrected chi connectivity index (χ4v) is 4.83. The summed E-state index contributed by atoms with van der Waals surface area (Å²) in [5.74, 6) is 2.17. The number of carbonyl (C=O) groups is 1. The molecule has 0 bridgehead atoms. The average Bonchev–Trinajstić information content (AvgIpc) is 3.48. The number of anilines is 1. The topological polar surface area (TPSA) is 69.1 Å².